The molecule has 4 N–H and O–H groups in total. The Hall–Kier alpha value is -0.160. The van der Waals surface area contributed by atoms with E-state index in [-0.39, 0.29) is 6.10 Å². The van der Waals surface area contributed by atoms with Crippen molar-refractivity contribution in [2.45, 2.75) is 77.0 Å². The van der Waals surface area contributed by atoms with Gasteiger partial charge in [0.05, 0.1) is 6.10 Å². The van der Waals surface area contributed by atoms with E-state index in [9.17, 15) is 5.11 Å². The van der Waals surface area contributed by atoms with Gasteiger partial charge < -0.3 is 21.1 Å². The van der Waals surface area contributed by atoms with Gasteiger partial charge in [0.2, 0.25) is 0 Å². The van der Waals surface area contributed by atoms with Crippen LogP contribution in [0.3, 0.4) is 0 Å². The Balaban J connectivity index is 1.87. The number of nitrogens with two attached hydrogens (primary N) is 1. The molecule has 3 unspecified atom stereocenters. The van der Waals surface area contributed by atoms with E-state index in [0.29, 0.717) is 23.9 Å². The van der Waals surface area contributed by atoms with Gasteiger partial charge in [-0.1, -0.05) is 33.1 Å². The highest BCUT2D eigenvalue weighted by molar-refractivity contribution is 4.87. The van der Waals surface area contributed by atoms with Gasteiger partial charge in [-0.25, -0.2) is 0 Å². The molecule has 3 atom stereocenters. The molecule has 2 aliphatic rings. The van der Waals surface area contributed by atoms with E-state index in [0.717, 1.165) is 32.6 Å². The third-order valence-electron chi connectivity index (χ3n) is 5.48. The summed E-state index contributed by atoms with van der Waals surface area (Å²) in [5, 5.41) is 14.2. The molecule has 0 aromatic carbocycles. The zero-order chi connectivity index (χ0) is 15.9. The van der Waals surface area contributed by atoms with Crippen LogP contribution in [0.15, 0.2) is 0 Å². The second-order valence-corrected chi connectivity index (χ2v) is 7.90. The first-order chi connectivity index (χ1) is 10.6. The maximum atomic E-state index is 10.2. The maximum absolute atomic E-state index is 10.2. The van der Waals surface area contributed by atoms with Crippen LogP contribution in [0.4, 0.5) is 0 Å². The molecular weight excluding hydrogens is 274 g/mol. The highest BCUT2D eigenvalue weighted by Crippen LogP contribution is 2.25. The monoisotopic (exact) mass is 311 g/mol. The number of likely N-dealkylation sites (tertiary alicyclic amines) is 1. The smallest absolute Gasteiger partial charge is 0.0566 e. The van der Waals surface area contributed by atoms with Crippen LogP contribution in [-0.2, 0) is 0 Å². The third kappa shape index (κ3) is 5.80. The normalized spacial score (nSPS) is 29.9. The molecule has 4 heteroatoms. The van der Waals surface area contributed by atoms with Gasteiger partial charge in [0, 0.05) is 38.3 Å². The van der Waals surface area contributed by atoms with E-state index in [2.05, 4.69) is 24.1 Å². The molecule has 0 aromatic heterocycles. The fourth-order valence-electron chi connectivity index (χ4n) is 4.18. The Morgan fingerprint density at radius 1 is 1.14 bits per heavy atom. The quantitative estimate of drug-likeness (QED) is 0.673. The van der Waals surface area contributed by atoms with E-state index in [4.69, 9.17) is 5.73 Å². The van der Waals surface area contributed by atoms with Gasteiger partial charge in [-0.05, 0) is 37.5 Å². The Bertz CT molecular complexity index is 305. The maximum Gasteiger partial charge on any atom is 0.0566 e. The minimum Gasteiger partial charge on any atom is -0.393 e. The molecule has 1 saturated carbocycles. The van der Waals surface area contributed by atoms with Crippen LogP contribution in [0.5, 0.6) is 0 Å². The molecule has 130 valence electrons. The summed E-state index contributed by atoms with van der Waals surface area (Å²) in [7, 11) is 0. The van der Waals surface area contributed by atoms with Crippen molar-refractivity contribution >= 4 is 0 Å². The molecular formula is C18H37N3O. The van der Waals surface area contributed by atoms with Crippen molar-refractivity contribution in [2.24, 2.45) is 17.6 Å². The van der Waals surface area contributed by atoms with Gasteiger partial charge in [0.25, 0.3) is 0 Å². The lowest BCUT2D eigenvalue weighted by atomic mass is 9.85. The first-order valence-electron chi connectivity index (χ1n) is 9.45. The number of aliphatic hydroxyl groups excluding tert-OH is 1. The third-order valence-corrected chi connectivity index (χ3v) is 5.48. The van der Waals surface area contributed by atoms with E-state index < -0.39 is 0 Å². The minimum absolute atomic E-state index is 0.168. The minimum atomic E-state index is -0.168. The van der Waals surface area contributed by atoms with E-state index >= 15 is 0 Å². The average molecular weight is 312 g/mol. The van der Waals surface area contributed by atoms with Crippen molar-refractivity contribution in [1.29, 1.82) is 0 Å². The topological polar surface area (TPSA) is 61.5 Å². The van der Waals surface area contributed by atoms with Crippen LogP contribution >= 0.6 is 0 Å². The number of nitrogens with one attached hydrogen (secondary N) is 1. The van der Waals surface area contributed by atoms with Crippen molar-refractivity contribution in [1.82, 2.24) is 10.2 Å². The predicted octanol–water partition coefficient (Wildman–Crippen LogP) is 1.96. The van der Waals surface area contributed by atoms with Crippen LogP contribution in [0, 0.1) is 11.8 Å². The molecule has 2 rings (SSSR count). The van der Waals surface area contributed by atoms with Crippen molar-refractivity contribution in [3.8, 4) is 0 Å². The van der Waals surface area contributed by atoms with Gasteiger partial charge in [-0.2, -0.15) is 0 Å². The summed E-state index contributed by atoms with van der Waals surface area (Å²) < 4.78 is 0. The second kappa shape index (κ2) is 9.21. The SMILES string of the molecule is CC(C)C(O)CC1CC(NC2CCCCC2)CN(CCN)C1. The van der Waals surface area contributed by atoms with E-state index in [1.807, 2.05) is 0 Å². The molecule has 1 aliphatic heterocycles. The fraction of sp³-hybridized carbons (Fsp3) is 1.00. The molecule has 1 aliphatic carbocycles. The van der Waals surface area contributed by atoms with Gasteiger partial charge >= 0.3 is 0 Å². The summed E-state index contributed by atoms with van der Waals surface area (Å²) in [6.45, 7) is 8.17. The lowest BCUT2D eigenvalue weighted by Gasteiger charge is -2.41. The molecule has 2 fully saturated rings. The van der Waals surface area contributed by atoms with Gasteiger partial charge in [-0.15, -0.1) is 0 Å². The Labute approximate surface area is 136 Å². The zero-order valence-corrected chi connectivity index (χ0v) is 14.6. The standard InChI is InChI=1S/C18H37N3O/c1-14(2)18(22)11-15-10-17(13-21(12-15)9-8-19)20-16-6-4-3-5-7-16/h14-18,20,22H,3-13,19H2,1-2H3. The molecule has 1 heterocycles. The first kappa shape index (κ1) is 18.2. The average Bonchev–Trinajstić information content (AvgIpc) is 2.48. The lowest BCUT2D eigenvalue weighted by molar-refractivity contribution is 0.0600. The molecule has 0 radical (unpaired) electrons. The Morgan fingerprint density at radius 2 is 1.86 bits per heavy atom. The Kier molecular flexibility index (Phi) is 7.61. The van der Waals surface area contributed by atoms with Crippen LogP contribution < -0.4 is 11.1 Å². The molecule has 0 spiro atoms. The number of hydrogen-bond donors (Lipinski definition) is 3. The lowest BCUT2D eigenvalue weighted by Crippen LogP contribution is -2.53. The number of rotatable bonds is 7. The number of piperidine rings is 1. The number of nitrogens with zero attached hydrogens (tertiary/aromatic N) is 1. The highest BCUT2D eigenvalue weighted by atomic mass is 16.3. The number of hydrogen-bond acceptors (Lipinski definition) is 4. The van der Waals surface area contributed by atoms with Gasteiger partial charge in [0.1, 0.15) is 0 Å². The first-order valence-corrected chi connectivity index (χ1v) is 9.45. The summed E-state index contributed by atoms with van der Waals surface area (Å²) in [6.07, 6.45) is 8.82. The summed E-state index contributed by atoms with van der Waals surface area (Å²) >= 11 is 0. The van der Waals surface area contributed by atoms with Crippen molar-refractivity contribution in [2.75, 3.05) is 26.2 Å². The molecule has 0 amide bonds. The molecule has 22 heavy (non-hydrogen) atoms. The molecule has 0 aromatic rings. The van der Waals surface area contributed by atoms with Crippen molar-refractivity contribution in [3.63, 3.8) is 0 Å². The van der Waals surface area contributed by atoms with Crippen molar-refractivity contribution in [3.05, 3.63) is 0 Å². The van der Waals surface area contributed by atoms with Crippen LogP contribution in [0.2, 0.25) is 0 Å². The predicted molar refractivity (Wildman–Crippen MR) is 92.9 cm³/mol. The number of aliphatic hydroxyl groups is 1. The highest BCUT2D eigenvalue weighted by Gasteiger charge is 2.30. The van der Waals surface area contributed by atoms with E-state index in [1.165, 1.54) is 38.5 Å². The summed E-state index contributed by atoms with van der Waals surface area (Å²) in [5.41, 5.74) is 5.77. The van der Waals surface area contributed by atoms with Gasteiger partial charge in [-0.3, -0.25) is 0 Å². The summed E-state index contributed by atoms with van der Waals surface area (Å²) in [6, 6.07) is 1.29. The van der Waals surface area contributed by atoms with Crippen LogP contribution in [-0.4, -0.2) is 54.4 Å². The zero-order valence-electron chi connectivity index (χ0n) is 14.6. The van der Waals surface area contributed by atoms with Crippen molar-refractivity contribution < 1.29 is 5.11 Å². The second-order valence-electron chi connectivity index (χ2n) is 7.90. The Morgan fingerprint density at radius 3 is 2.50 bits per heavy atom. The molecule has 4 nitrogen and oxygen atoms in total. The summed E-state index contributed by atoms with van der Waals surface area (Å²) in [5.74, 6) is 0.952. The largest absolute Gasteiger partial charge is 0.393 e. The van der Waals surface area contributed by atoms with Gasteiger partial charge in [0.15, 0.2) is 0 Å². The summed E-state index contributed by atoms with van der Waals surface area (Å²) in [4.78, 5) is 2.50. The van der Waals surface area contributed by atoms with E-state index in [1.54, 1.807) is 0 Å². The molecule has 0 bridgehead atoms. The fourth-order valence-corrected chi connectivity index (χ4v) is 4.18. The van der Waals surface area contributed by atoms with Crippen LogP contribution in [0.25, 0.3) is 0 Å². The van der Waals surface area contributed by atoms with Crippen LogP contribution in [0.1, 0.15) is 58.8 Å². The molecule has 1 saturated heterocycles.